The Balaban J connectivity index is 2.13. The summed E-state index contributed by atoms with van der Waals surface area (Å²) >= 11 is 7.54. The molecule has 108 valence electrons. The topological polar surface area (TPSA) is 57.6 Å². The molecule has 6 heteroatoms. The average Bonchev–Trinajstić information content (AvgIpc) is 2.79. The van der Waals surface area contributed by atoms with Crippen LogP contribution < -0.4 is 0 Å². The van der Waals surface area contributed by atoms with Gasteiger partial charge in [-0.25, -0.2) is 4.79 Å². The second-order valence-electron chi connectivity index (χ2n) is 4.98. The lowest BCUT2D eigenvalue weighted by atomic mass is 10.0. The fourth-order valence-corrected chi connectivity index (χ4v) is 2.92. The molecule has 0 bridgehead atoms. The van der Waals surface area contributed by atoms with Crippen molar-refractivity contribution in [1.29, 1.82) is 0 Å². The molecule has 4 nitrogen and oxygen atoms in total. The number of aliphatic carboxylic acids is 1. The van der Waals surface area contributed by atoms with Crippen LogP contribution in [0.1, 0.15) is 12.0 Å². The average molecular weight is 358 g/mol. The number of nitrogens with zero attached hydrogens (tertiary/aromatic N) is 1. The van der Waals surface area contributed by atoms with Crippen LogP contribution in [0, 0.1) is 5.92 Å². The van der Waals surface area contributed by atoms with Gasteiger partial charge in [0.1, 0.15) is 6.04 Å². The zero-order valence-corrected chi connectivity index (χ0v) is 13.3. The number of hydrogen-bond donors (Lipinski definition) is 2. The number of thiol groups is 1. The van der Waals surface area contributed by atoms with Crippen molar-refractivity contribution in [3.8, 4) is 0 Å². The van der Waals surface area contributed by atoms with Gasteiger partial charge in [-0.15, -0.1) is 0 Å². The van der Waals surface area contributed by atoms with Gasteiger partial charge in [0.15, 0.2) is 0 Å². The summed E-state index contributed by atoms with van der Waals surface area (Å²) in [6.07, 6.45) is 0.723. The number of carboxylic acid groups (broad SMARTS) is 1. The third-order valence-electron chi connectivity index (χ3n) is 3.50. The van der Waals surface area contributed by atoms with Crippen molar-refractivity contribution in [2.24, 2.45) is 5.92 Å². The summed E-state index contributed by atoms with van der Waals surface area (Å²) < 4.78 is 0.945. The zero-order chi connectivity index (χ0) is 14.7. The quantitative estimate of drug-likeness (QED) is 0.794. The van der Waals surface area contributed by atoms with E-state index in [0.29, 0.717) is 25.1 Å². The second-order valence-corrected chi connectivity index (χ2v) is 6.26. The SMILES string of the molecule is O=C(O)[C@H](Cc1ccc(Br)cc1)N1CC(CS)CC1=O. The molecule has 1 saturated heterocycles. The normalized spacial score (nSPS) is 20.2. The van der Waals surface area contributed by atoms with Gasteiger partial charge in [-0.2, -0.15) is 12.6 Å². The molecule has 20 heavy (non-hydrogen) atoms. The van der Waals surface area contributed by atoms with Crippen molar-refractivity contribution < 1.29 is 14.7 Å². The zero-order valence-electron chi connectivity index (χ0n) is 10.8. The summed E-state index contributed by atoms with van der Waals surface area (Å²) in [6.45, 7) is 0.482. The van der Waals surface area contributed by atoms with Crippen LogP contribution in [0.4, 0.5) is 0 Å². The molecular formula is C14H16BrNO3S. The third kappa shape index (κ3) is 3.55. The highest BCUT2D eigenvalue weighted by Crippen LogP contribution is 2.23. The van der Waals surface area contributed by atoms with Gasteiger partial charge in [-0.05, 0) is 29.4 Å². The van der Waals surface area contributed by atoms with Gasteiger partial charge in [-0.1, -0.05) is 28.1 Å². The molecule has 1 aromatic carbocycles. The Hall–Kier alpha value is -1.01. The molecule has 1 fully saturated rings. The largest absolute Gasteiger partial charge is 0.480 e. The van der Waals surface area contributed by atoms with Gasteiger partial charge in [-0.3, -0.25) is 4.79 Å². The standard InChI is InChI=1S/C14H16BrNO3S/c15-11-3-1-9(2-4-11)5-12(14(18)19)16-7-10(8-20)6-13(16)17/h1-4,10,12,20H,5-8H2,(H,18,19)/t10?,12-/m0/s1. The maximum atomic E-state index is 12.0. The predicted octanol–water partition coefficient (Wildman–Crippen LogP) is 2.22. The summed E-state index contributed by atoms with van der Waals surface area (Å²) in [5, 5.41) is 9.40. The van der Waals surface area contributed by atoms with Gasteiger partial charge >= 0.3 is 5.97 Å². The van der Waals surface area contributed by atoms with Crippen molar-refractivity contribution in [3.05, 3.63) is 34.3 Å². The summed E-state index contributed by atoms with van der Waals surface area (Å²) in [5.74, 6) is -0.292. The van der Waals surface area contributed by atoms with E-state index in [-0.39, 0.29) is 11.8 Å². The van der Waals surface area contributed by atoms with E-state index in [9.17, 15) is 14.7 Å². The minimum Gasteiger partial charge on any atom is -0.480 e. The number of carbonyl (C=O) groups excluding carboxylic acids is 1. The Labute approximate surface area is 131 Å². The maximum Gasteiger partial charge on any atom is 0.326 e. The number of likely N-dealkylation sites (tertiary alicyclic amines) is 1. The second kappa shape index (κ2) is 6.63. The third-order valence-corrected chi connectivity index (χ3v) is 4.55. The van der Waals surface area contributed by atoms with Crippen LogP contribution in [0.15, 0.2) is 28.7 Å². The molecule has 0 saturated carbocycles. The highest BCUT2D eigenvalue weighted by atomic mass is 79.9. The summed E-state index contributed by atoms with van der Waals surface area (Å²) in [5.41, 5.74) is 0.905. The van der Waals surface area contributed by atoms with Gasteiger partial charge < -0.3 is 10.0 Å². The lowest BCUT2D eigenvalue weighted by Gasteiger charge is -2.24. The molecule has 2 rings (SSSR count). The van der Waals surface area contributed by atoms with Crippen LogP contribution in [0.3, 0.4) is 0 Å². The number of rotatable bonds is 5. The Morgan fingerprint density at radius 1 is 1.45 bits per heavy atom. The first kappa shape index (κ1) is 15.4. The van der Waals surface area contributed by atoms with Gasteiger partial charge in [0.2, 0.25) is 5.91 Å². The van der Waals surface area contributed by atoms with Crippen molar-refractivity contribution in [1.82, 2.24) is 4.90 Å². The van der Waals surface area contributed by atoms with Gasteiger partial charge in [0.25, 0.3) is 0 Å². The lowest BCUT2D eigenvalue weighted by Crippen LogP contribution is -2.43. The first-order valence-corrected chi connectivity index (χ1v) is 7.81. The molecule has 0 aliphatic carbocycles. The smallest absolute Gasteiger partial charge is 0.326 e. The molecule has 1 aliphatic rings. The molecule has 1 unspecified atom stereocenters. The van der Waals surface area contributed by atoms with Gasteiger partial charge in [0, 0.05) is 23.9 Å². The molecular weight excluding hydrogens is 342 g/mol. The van der Waals surface area contributed by atoms with E-state index in [0.717, 1.165) is 10.0 Å². The van der Waals surface area contributed by atoms with Crippen molar-refractivity contribution in [2.45, 2.75) is 18.9 Å². The Kier molecular flexibility index (Phi) is 5.10. The summed E-state index contributed by atoms with van der Waals surface area (Å²) in [4.78, 5) is 24.9. The minimum absolute atomic E-state index is 0.0893. The molecule has 1 aliphatic heterocycles. The Morgan fingerprint density at radius 2 is 2.10 bits per heavy atom. The first-order valence-electron chi connectivity index (χ1n) is 6.39. The van der Waals surface area contributed by atoms with Crippen LogP contribution in [-0.4, -0.2) is 40.2 Å². The number of amides is 1. The molecule has 1 heterocycles. The van der Waals surface area contributed by atoms with Crippen molar-refractivity contribution in [2.75, 3.05) is 12.3 Å². The van der Waals surface area contributed by atoms with Crippen LogP contribution in [0.5, 0.6) is 0 Å². The van der Waals surface area contributed by atoms with E-state index in [1.54, 1.807) is 0 Å². The maximum absolute atomic E-state index is 12.0. The van der Waals surface area contributed by atoms with E-state index in [1.165, 1.54) is 4.90 Å². The molecule has 1 amide bonds. The van der Waals surface area contributed by atoms with Crippen LogP contribution in [0.25, 0.3) is 0 Å². The monoisotopic (exact) mass is 357 g/mol. The van der Waals surface area contributed by atoms with Gasteiger partial charge in [0.05, 0.1) is 0 Å². The summed E-state index contributed by atoms with van der Waals surface area (Å²) in [7, 11) is 0. The van der Waals surface area contributed by atoms with E-state index in [1.807, 2.05) is 24.3 Å². The number of carbonyl (C=O) groups is 2. The minimum atomic E-state index is -0.957. The number of carboxylic acids is 1. The first-order chi connectivity index (χ1) is 9.51. The van der Waals surface area contributed by atoms with Crippen LogP contribution in [0.2, 0.25) is 0 Å². The molecule has 0 spiro atoms. The molecule has 0 aromatic heterocycles. The predicted molar refractivity (Wildman–Crippen MR) is 82.9 cm³/mol. The molecule has 0 radical (unpaired) electrons. The fraction of sp³-hybridized carbons (Fsp3) is 0.429. The molecule has 1 N–H and O–H groups in total. The molecule has 1 aromatic rings. The number of hydrogen-bond acceptors (Lipinski definition) is 3. The van der Waals surface area contributed by atoms with E-state index in [2.05, 4.69) is 28.6 Å². The number of halogens is 1. The van der Waals surface area contributed by atoms with E-state index in [4.69, 9.17) is 0 Å². The fourth-order valence-electron chi connectivity index (χ4n) is 2.41. The lowest BCUT2D eigenvalue weighted by molar-refractivity contribution is -0.148. The summed E-state index contributed by atoms with van der Waals surface area (Å²) in [6, 6.07) is 6.69. The van der Waals surface area contributed by atoms with Crippen molar-refractivity contribution >= 4 is 40.4 Å². The molecule has 2 atom stereocenters. The Morgan fingerprint density at radius 3 is 2.60 bits per heavy atom. The van der Waals surface area contributed by atoms with Crippen molar-refractivity contribution in [3.63, 3.8) is 0 Å². The number of benzene rings is 1. The highest BCUT2D eigenvalue weighted by Gasteiger charge is 2.37. The van der Waals surface area contributed by atoms with Crippen LogP contribution in [-0.2, 0) is 16.0 Å². The van der Waals surface area contributed by atoms with Crippen LogP contribution >= 0.6 is 28.6 Å². The van der Waals surface area contributed by atoms with E-state index >= 15 is 0 Å². The highest BCUT2D eigenvalue weighted by molar-refractivity contribution is 9.10. The van der Waals surface area contributed by atoms with E-state index < -0.39 is 12.0 Å². The Bertz CT molecular complexity index is 506.